The van der Waals surface area contributed by atoms with E-state index in [2.05, 4.69) is 23.5 Å². The van der Waals surface area contributed by atoms with Crippen LogP contribution in [0.1, 0.15) is 31.4 Å². The average Bonchev–Trinajstić information content (AvgIpc) is 2.86. The molecule has 1 aliphatic rings. The summed E-state index contributed by atoms with van der Waals surface area (Å²) in [4.78, 5) is 0. The van der Waals surface area contributed by atoms with Gasteiger partial charge >= 0.3 is 0 Å². The summed E-state index contributed by atoms with van der Waals surface area (Å²) < 4.78 is 2.00. The zero-order valence-corrected chi connectivity index (χ0v) is 10.4. The third-order valence-corrected chi connectivity index (χ3v) is 3.98. The van der Waals surface area contributed by atoms with Crippen LogP contribution in [0.15, 0.2) is 12.3 Å². The zero-order valence-electron chi connectivity index (χ0n) is 10.4. The third-order valence-electron chi connectivity index (χ3n) is 3.98. The SMILES string of the molecule is CNCC1CCCC1CCc1ccnn1C. The highest BCUT2D eigenvalue weighted by atomic mass is 15.2. The number of nitrogens with one attached hydrogen (secondary N) is 1. The van der Waals surface area contributed by atoms with Gasteiger partial charge in [-0.15, -0.1) is 0 Å². The van der Waals surface area contributed by atoms with Crippen molar-refractivity contribution in [1.82, 2.24) is 15.1 Å². The Morgan fingerprint density at radius 2 is 2.25 bits per heavy atom. The summed E-state index contributed by atoms with van der Waals surface area (Å²) in [5.74, 6) is 1.82. The van der Waals surface area contributed by atoms with Gasteiger partial charge in [0.25, 0.3) is 0 Å². The molecule has 0 amide bonds. The van der Waals surface area contributed by atoms with Crippen LogP contribution in [0.3, 0.4) is 0 Å². The second kappa shape index (κ2) is 5.48. The molecule has 90 valence electrons. The van der Waals surface area contributed by atoms with Gasteiger partial charge in [-0.1, -0.05) is 12.8 Å². The molecule has 2 atom stereocenters. The van der Waals surface area contributed by atoms with Gasteiger partial charge in [0, 0.05) is 18.9 Å². The van der Waals surface area contributed by atoms with Crippen LogP contribution >= 0.6 is 0 Å². The third kappa shape index (κ3) is 2.64. The lowest BCUT2D eigenvalue weighted by Gasteiger charge is -2.19. The number of nitrogens with zero attached hydrogens (tertiary/aromatic N) is 2. The van der Waals surface area contributed by atoms with Crippen molar-refractivity contribution in [2.75, 3.05) is 13.6 Å². The van der Waals surface area contributed by atoms with E-state index < -0.39 is 0 Å². The minimum atomic E-state index is 0.901. The lowest BCUT2D eigenvalue weighted by Crippen LogP contribution is -2.22. The molecule has 2 unspecified atom stereocenters. The molecule has 1 aromatic rings. The highest BCUT2D eigenvalue weighted by Crippen LogP contribution is 2.34. The molecule has 1 fully saturated rings. The Morgan fingerprint density at radius 1 is 1.44 bits per heavy atom. The van der Waals surface area contributed by atoms with Gasteiger partial charge in [-0.2, -0.15) is 5.10 Å². The Hall–Kier alpha value is -0.830. The molecule has 16 heavy (non-hydrogen) atoms. The summed E-state index contributed by atoms with van der Waals surface area (Å²) in [5.41, 5.74) is 1.37. The van der Waals surface area contributed by atoms with Crippen molar-refractivity contribution in [3.05, 3.63) is 18.0 Å². The summed E-state index contributed by atoms with van der Waals surface area (Å²) in [6, 6.07) is 2.14. The van der Waals surface area contributed by atoms with Crippen LogP contribution in [0, 0.1) is 11.8 Å². The Kier molecular flexibility index (Phi) is 3.99. The fourth-order valence-corrected chi connectivity index (χ4v) is 3.00. The monoisotopic (exact) mass is 221 g/mol. The molecule has 2 rings (SSSR count). The maximum Gasteiger partial charge on any atom is 0.0492 e. The predicted octanol–water partition coefficient (Wildman–Crippen LogP) is 1.99. The van der Waals surface area contributed by atoms with Crippen molar-refractivity contribution >= 4 is 0 Å². The first-order valence-electron chi connectivity index (χ1n) is 6.42. The predicted molar refractivity (Wildman–Crippen MR) is 66.3 cm³/mol. The Morgan fingerprint density at radius 3 is 2.94 bits per heavy atom. The maximum absolute atomic E-state index is 4.22. The average molecular weight is 221 g/mol. The summed E-state index contributed by atoms with van der Waals surface area (Å²) in [6.45, 7) is 1.19. The Balaban J connectivity index is 1.83. The number of aryl methyl sites for hydroxylation is 2. The fourth-order valence-electron chi connectivity index (χ4n) is 3.00. The van der Waals surface area contributed by atoms with Gasteiger partial charge in [-0.3, -0.25) is 4.68 Å². The second-order valence-corrected chi connectivity index (χ2v) is 4.99. The molecular weight excluding hydrogens is 198 g/mol. The van der Waals surface area contributed by atoms with E-state index in [0.29, 0.717) is 0 Å². The topological polar surface area (TPSA) is 29.9 Å². The van der Waals surface area contributed by atoms with E-state index in [9.17, 15) is 0 Å². The molecule has 1 aliphatic carbocycles. The van der Waals surface area contributed by atoms with Crippen LogP contribution in [0.4, 0.5) is 0 Å². The molecular formula is C13H23N3. The smallest absolute Gasteiger partial charge is 0.0492 e. The van der Waals surface area contributed by atoms with Gasteiger partial charge < -0.3 is 5.32 Å². The highest BCUT2D eigenvalue weighted by molar-refractivity contribution is 5.00. The molecule has 0 radical (unpaired) electrons. The molecule has 0 aromatic carbocycles. The summed E-state index contributed by atoms with van der Waals surface area (Å²) >= 11 is 0. The molecule has 3 nitrogen and oxygen atoms in total. The first-order chi connectivity index (χ1) is 7.81. The quantitative estimate of drug-likeness (QED) is 0.824. The highest BCUT2D eigenvalue weighted by Gasteiger charge is 2.26. The summed E-state index contributed by atoms with van der Waals surface area (Å²) in [6.07, 6.45) is 8.66. The number of hydrogen-bond donors (Lipinski definition) is 1. The van der Waals surface area contributed by atoms with Crippen LogP contribution in [0.25, 0.3) is 0 Å². The van der Waals surface area contributed by atoms with Crippen molar-refractivity contribution in [2.24, 2.45) is 18.9 Å². The van der Waals surface area contributed by atoms with Crippen LogP contribution in [0.5, 0.6) is 0 Å². The van der Waals surface area contributed by atoms with Crippen LogP contribution in [-0.2, 0) is 13.5 Å². The number of hydrogen-bond acceptors (Lipinski definition) is 2. The Bertz CT molecular complexity index is 319. The van der Waals surface area contributed by atoms with E-state index in [0.717, 1.165) is 11.8 Å². The minimum Gasteiger partial charge on any atom is -0.319 e. The molecule has 1 N–H and O–H groups in total. The molecule has 0 aliphatic heterocycles. The molecule has 0 saturated heterocycles. The van der Waals surface area contributed by atoms with Gasteiger partial charge in [-0.25, -0.2) is 0 Å². The Labute approximate surface area is 98.2 Å². The van der Waals surface area contributed by atoms with Crippen molar-refractivity contribution < 1.29 is 0 Å². The lowest BCUT2D eigenvalue weighted by atomic mass is 9.91. The standard InChI is InChI=1S/C13H23N3/c1-14-10-12-5-3-4-11(12)6-7-13-8-9-15-16(13)2/h8-9,11-12,14H,3-7,10H2,1-2H3. The second-order valence-electron chi connectivity index (χ2n) is 4.99. The van der Waals surface area contributed by atoms with Crippen LogP contribution in [-0.4, -0.2) is 23.4 Å². The molecule has 1 aromatic heterocycles. The minimum absolute atomic E-state index is 0.901. The van der Waals surface area contributed by atoms with E-state index in [-0.39, 0.29) is 0 Å². The van der Waals surface area contributed by atoms with Gasteiger partial charge in [-0.05, 0) is 50.8 Å². The normalized spacial score (nSPS) is 25.1. The number of aromatic nitrogens is 2. The van der Waals surface area contributed by atoms with Gasteiger partial charge in [0.15, 0.2) is 0 Å². The molecule has 0 spiro atoms. The zero-order chi connectivity index (χ0) is 11.4. The van der Waals surface area contributed by atoms with E-state index in [1.807, 2.05) is 17.9 Å². The van der Waals surface area contributed by atoms with E-state index in [1.165, 1.54) is 44.3 Å². The van der Waals surface area contributed by atoms with Gasteiger partial charge in [0.2, 0.25) is 0 Å². The largest absolute Gasteiger partial charge is 0.319 e. The molecule has 1 saturated carbocycles. The molecule has 0 bridgehead atoms. The van der Waals surface area contributed by atoms with Crippen molar-refractivity contribution in [3.63, 3.8) is 0 Å². The first-order valence-corrected chi connectivity index (χ1v) is 6.42. The van der Waals surface area contributed by atoms with E-state index in [4.69, 9.17) is 0 Å². The van der Waals surface area contributed by atoms with Crippen molar-refractivity contribution in [3.8, 4) is 0 Å². The van der Waals surface area contributed by atoms with Crippen molar-refractivity contribution in [2.45, 2.75) is 32.1 Å². The summed E-state index contributed by atoms with van der Waals surface area (Å²) in [5, 5.41) is 7.55. The van der Waals surface area contributed by atoms with E-state index in [1.54, 1.807) is 0 Å². The maximum atomic E-state index is 4.22. The first kappa shape index (κ1) is 11.6. The van der Waals surface area contributed by atoms with Crippen molar-refractivity contribution in [1.29, 1.82) is 0 Å². The number of rotatable bonds is 5. The van der Waals surface area contributed by atoms with Crippen LogP contribution in [0.2, 0.25) is 0 Å². The van der Waals surface area contributed by atoms with Crippen LogP contribution < -0.4 is 5.32 Å². The van der Waals surface area contributed by atoms with Gasteiger partial charge in [0.1, 0.15) is 0 Å². The fraction of sp³-hybridized carbons (Fsp3) is 0.769. The molecule has 1 heterocycles. The summed E-state index contributed by atoms with van der Waals surface area (Å²) in [7, 11) is 4.10. The lowest BCUT2D eigenvalue weighted by molar-refractivity contribution is 0.353. The van der Waals surface area contributed by atoms with E-state index >= 15 is 0 Å². The van der Waals surface area contributed by atoms with Gasteiger partial charge in [0.05, 0.1) is 0 Å². The molecule has 3 heteroatoms.